The highest BCUT2D eigenvalue weighted by molar-refractivity contribution is 6.11. The van der Waals surface area contributed by atoms with Crippen LogP contribution in [0.1, 0.15) is 32.8 Å². The summed E-state index contributed by atoms with van der Waals surface area (Å²) in [6.45, 7) is 7.02. The highest BCUT2D eigenvalue weighted by Crippen LogP contribution is 2.44. The number of aliphatic hydroxyl groups is 2. The zero-order chi connectivity index (χ0) is 19.4. The van der Waals surface area contributed by atoms with E-state index in [0.29, 0.717) is 0 Å². The van der Waals surface area contributed by atoms with Crippen molar-refractivity contribution in [2.75, 3.05) is 26.4 Å². The van der Waals surface area contributed by atoms with Gasteiger partial charge in [-0.05, 0) is 23.5 Å². The standard InChI is InChI=1S/C23H28O4/c1-4-23(2,3)16-9-10-19-20(15-16)22(27-14-12-25)18-8-6-5-7-17(18)21(19)26-13-11-24/h5-10,15,24-25H,4,11-14H2,1-3H3. The zero-order valence-corrected chi connectivity index (χ0v) is 16.3. The maximum atomic E-state index is 9.29. The Hall–Kier alpha value is -2.30. The monoisotopic (exact) mass is 368 g/mol. The Bertz CT molecular complexity index is 930. The van der Waals surface area contributed by atoms with Crippen LogP contribution in [0.4, 0.5) is 0 Å². The maximum Gasteiger partial charge on any atom is 0.135 e. The average Bonchev–Trinajstić information content (AvgIpc) is 2.70. The molecular weight excluding hydrogens is 340 g/mol. The van der Waals surface area contributed by atoms with E-state index < -0.39 is 0 Å². The van der Waals surface area contributed by atoms with E-state index in [4.69, 9.17) is 9.47 Å². The fourth-order valence-corrected chi connectivity index (χ4v) is 3.33. The molecule has 144 valence electrons. The Morgan fingerprint density at radius 2 is 1.30 bits per heavy atom. The molecule has 0 aliphatic heterocycles. The molecule has 0 aromatic heterocycles. The number of rotatable bonds is 8. The lowest BCUT2D eigenvalue weighted by Crippen LogP contribution is -2.15. The fraction of sp³-hybridized carbons (Fsp3) is 0.391. The largest absolute Gasteiger partial charge is 0.490 e. The van der Waals surface area contributed by atoms with Crippen LogP contribution in [0.2, 0.25) is 0 Å². The van der Waals surface area contributed by atoms with Gasteiger partial charge in [0, 0.05) is 21.5 Å². The van der Waals surface area contributed by atoms with Crippen molar-refractivity contribution in [1.82, 2.24) is 0 Å². The number of ether oxygens (including phenoxy) is 2. The normalized spacial score (nSPS) is 11.9. The SMILES string of the molecule is CCC(C)(C)c1ccc2c(OCCO)c3ccccc3c(OCCO)c2c1. The topological polar surface area (TPSA) is 58.9 Å². The molecule has 0 saturated heterocycles. The molecule has 0 saturated carbocycles. The van der Waals surface area contributed by atoms with Crippen LogP contribution >= 0.6 is 0 Å². The van der Waals surface area contributed by atoms with Crippen LogP contribution in [0, 0.1) is 0 Å². The molecule has 3 rings (SSSR count). The minimum atomic E-state index is -0.0429. The third kappa shape index (κ3) is 3.73. The van der Waals surface area contributed by atoms with Gasteiger partial charge in [-0.25, -0.2) is 0 Å². The van der Waals surface area contributed by atoms with Crippen molar-refractivity contribution < 1.29 is 19.7 Å². The van der Waals surface area contributed by atoms with Crippen LogP contribution in [0.15, 0.2) is 42.5 Å². The van der Waals surface area contributed by atoms with Crippen molar-refractivity contribution >= 4 is 21.5 Å². The lowest BCUT2D eigenvalue weighted by Gasteiger charge is -2.25. The number of hydrogen-bond acceptors (Lipinski definition) is 4. The highest BCUT2D eigenvalue weighted by atomic mass is 16.5. The predicted molar refractivity (Wildman–Crippen MR) is 110 cm³/mol. The minimum absolute atomic E-state index is 0.0419. The van der Waals surface area contributed by atoms with E-state index in [1.54, 1.807) is 0 Å². The van der Waals surface area contributed by atoms with Crippen molar-refractivity contribution in [3.8, 4) is 11.5 Å². The molecule has 0 aliphatic rings. The molecule has 0 amide bonds. The third-order valence-electron chi connectivity index (χ3n) is 5.27. The van der Waals surface area contributed by atoms with Gasteiger partial charge in [-0.3, -0.25) is 0 Å². The number of fused-ring (bicyclic) bond motifs is 2. The minimum Gasteiger partial charge on any atom is -0.490 e. The van der Waals surface area contributed by atoms with Crippen molar-refractivity contribution in [2.45, 2.75) is 32.6 Å². The molecular formula is C23H28O4. The van der Waals surface area contributed by atoms with E-state index in [0.717, 1.165) is 39.5 Å². The van der Waals surface area contributed by atoms with E-state index in [2.05, 4.69) is 39.0 Å². The summed E-state index contributed by atoms with van der Waals surface area (Å²) in [7, 11) is 0. The van der Waals surface area contributed by atoms with Gasteiger partial charge in [-0.2, -0.15) is 0 Å². The van der Waals surface area contributed by atoms with Gasteiger partial charge in [0.2, 0.25) is 0 Å². The molecule has 0 spiro atoms. The Balaban J connectivity index is 2.35. The summed E-state index contributed by atoms with van der Waals surface area (Å²) in [5, 5.41) is 22.3. The molecule has 0 aliphatic carbocycles. The van der Waals surface area contributed by atoms with Gasteiger partial charge in [0.1, 0.15) is 24.7 Å². The lowest BCUT2D eigenvalue weighted by atomic mass is 9.81. The van der Waals surface area contributed by atoms with Gasteiger partial charge in [0.05, 0.1) is 13.2 Å². The van der Waals surface area contributed by atoms with Gasteiger partial charge in [-0.15, -0.1) is 0 Å². The number of aliphatic hydroxyl groups excluding tert-OH is 2. The lowest BCUT2D eigenvalue weighted by molar-refractivity contribution is 0.202. The highest BCUT2D eigenvalue weighted by Gasteiger charge is 2.22. The summed E-state index contributed by atoms with van der Waals surface area (Å²) in [6, 6.07) is 14.3. The molecule has 4 nitrogen and oxygen atoms in total. The van der Waals surface area contributed by atoms with Crippen molar-refractivity contribution in [1.29, 1.82) is 0 Å². The Labute approximate surface area is 160 Å². The summed E-state index contributed by atoms with van der Waals surface area (Å²) in [5.41, 5.74) is 1.27. The molecule has 4 heteroatoms. The second-order valence-electron chi connectivity index (χ2n) is 7.35. The molecule has 3 aromatic rings. The van der Waals surface area contributed by atoms with Crippen molar-refractivity contribution in [2.24, 2.45) is 0 Å². The van der Waals surface area contributed by atoms with Crippen LogP contribution in [-0.4, -0.2) is 36.6 Å². The molecule has 27 heavy (non-hydrogen) atoms. The summed E-state index contributed by atoms with van der Waals surface area (Å²) in [6.07, 6.45) is 1.02. The number of hydrogen-bond donors (Lipinski definition) is 2. The van der Waals surface area contributed by atoms with Gasteiger partial charge >= 0.3 is 0 Å². The fourth-order valence-electron chi connectivity index (χ4n) is 3.33. The predicted octanol–water partition coefficient (Wildman–Crippen LogP) is 4.42. The Morgan fingerprint density at radius 3 is 1.81 bits per heavy atom. The van der Waals surface area contributed by atoms with Crippen LogP contribution in [0.25, 0.3) is 21.5 Å². The Kier molecular flexibility index (Phi) is 5.88. The van der Waals surface area contributed by atoms with Crippen LogP contribution in [0.5, 0.6) is 11.5 Å². The summed E-state index contributed by atoms with van der Waals surface area (Å²) in [5.74, 6) is 1.52. The quantitative estimate of drug-likeness (QED) is 0.578. The maximum absolute atomic E-state index is 9.29. The van der Waals surface area contributed by atoms with Crippen LogP contribution in [-0.2, 0) is 5.41 Å². The molecule has 0 unspecified atom stereocenters. The Morgan fingerprint density at radius 1 is 0.778 bits per heavy atom. The second kappa shape index (κ2) is 8.15. The summed E-state index contributed by atoms with van der Waals surface area (Å²) < 4.78 is 11.9. The third-order valence-corrected chi connectivity index (χ3v) is 5.27. The van der Waals surface area contributed by atoms with E-state index in [-0.39, 0.29) is 31.8 Å². The van der Waals surface area contributed by atoms with Gasteiger partial charge in [-0.1, -0.05) is 57.2 Å². The number of benzene rings is 3. The van der Waals surface area contributed by atoms with E-state index in [1.165, 1.54) is 5.56 Å². The second-order valence-corrected chi connectivity index (χ2v) is 7.35. The van der Waals surface area contributed by atoms with E-state index >= 15 is 0 Å². The summed E-state index contributed by atoms with van der Waals surface area (Å²) in [4.78, 5) is 0. The molecule has 2 N–H and O–H groups in total. The molecule has 0 fully saturated rings. The van der Waals surface area contributed by atoms with Gasteiger partial charge in [0.25, 0.3) is 0 Å². The molecule has 0 atom stereocenters. The van der Waals surface area contributed by atoms with E-state index in [1.807, 2.05) is 24.3 Å². The van der Waals surface area contributed by atoms with Crippen molar-refractivity contribution in [3.05, 3.63) is 48.0 Å². The first-order valence-electron chi connectivity index (χ1n) is 9.49. The molecule has 0 bridgehead atoms. The molecule has 3 aromatic carbocycles. The smallest absolute Gasteiger partial charge is 0.135 e. The van der Waals surface area contributed by atoms with Crippen LogP contribution < -0.4 is 9.47 Å². The molecule has 0 heterocycles. The van der Waals surface area contributed by atoms with E-state index in [9.17, 15) is 10.2 Å². The first-order chi connectivity index (χ1) is 13.0. The first-order valence-corrected chi connectivity index (χ1v) is 9.49. The van der Waals surface area contributed by atoms with Gasteiger partial charge in [0.15, 0.2) is 0 Å². The van der Waals surface area contributed by atoms with Crippen molar-refractivity contribution in [3.63, 3.8) is 0 Å². The zero-order valence-electron chi connectivity index (χ0n) is 16.3. The van der Waals surface area contributed by atoms with Crippen LogP contribution in [0.3, 0.4) is 0 Å². The average molecular weight is 368 g/mol. The first kappa shape index (κ1) is 19.5. The van der Waals surface area contributed by atoms with Gasteiger partial charge < -0.3 is 19.7 Å². The summed E-state index contributed by atoms with van der Waals surface area (Å²) >= 11 is 0. The molecule has 0 radical (unpaired) electrons.